The van der Waals surface area contributed by atoms with E-state index in [-0.39, 0.29) is 6.54 Å². The van der Waals surface area contributed by atoms with E-state index in [0.29, 0.717) is 0 Å². The predicted molar refractivity (Wildman–Crippen MR) is 42.2 cm³/mol. The van der Waals surface area contributed by atoms with Crippen LogP contribution in [-0.4, -0.2) is 23.8 Å². The zero-order valence-corrected chi connectivity index (χ0v) is 7.77. The van der Waals surface area contributed by atoms with E-state index in [4.69, 9.17) is 5.11 Å². The summed E-state index contributed by atoms with van der Waals surface area (Å²) in [7, 11) is 0. The van der Waals surface area contributed by atoms with Gasteiger partial charge in [0.05, 0.1) is 12.0 Å². The lowest BCUT2D eigenvalue weighted by atomic mass is 9.96. The highest BCUT2D eigenvalue weighted by Gasteiger charge is 2.42. The van der Waals surface area contributed by atoms with Crippen molar-refractivity contribution in [2.45, 2.75) is 26.9 Å². The molecule has 0 heterocycles. The van der Waals surface area contributed by atoms with Crippen LogP contribution in [0.25, 0.3) is 0 Å². The van der Waals surface area contributed by atoms with Crippen LogP contribution >= 0.6 is 0 Å². The lowest BCUT2D eigenvalue weighted by molar-refractivity contribution is -0.204. The summed E-state index contributed by atoms with van der Waals surface area (Å²) in [6.45, 7) is 3.16. The summed E-state index contributed by atoms with van der Waals surface area (Å²) in [5, 5.41) is 7.60. The van der Waals surface area contributed by atoms with Crippen molar-refractivity contribution in [1.82, 2.24) is 0 Å². The first kappa shape index (κ1) is 14.7. The molecule has 0 saturated carbocycles. The van der Waals surface area contributed by atoms with Crippen LogP contribution in [0.15, 0.2) is 0 Å². The minimum Gasteiger partial charge on any atom is -0.480 e. The number of hydrogen-bond acceptors (Lipinski definition) is 2. The minimum absolute atomic E-state index is 0.278. The highest BCUT2D eigenvalue weighted by molar-refractivity contribution is 5.68. The van der Waals surface area contributed by atoms with Gasteiger partial charge in [-0.25, -0.2) is 0 Å². The zero-order chi connectivity index (χ0) is 11.3. The molecular weight excluding hydrogens is 187 g/mol. The third-order valence-corrected chi connectivity index (χ3v) is 1.03. The number of carbonyl (C=O) groups is 1. The summed E-state index contributed by atoms with van der Waals surface area (Å²) in [5.41, 5.74) is 3.01. The molecule has 0 aliphatic heterocycles. The monoisotopic (exact) mass is 201 g/mol. The highest BCUT2D eigenvalue weighted by atomic mass is 19.4. The quantitative estimate of drug-likeness (QED) is 0.677. The number of nitrogens with two attached hydrogens (primary N) is 1. The van der Waals surface area contributed by atoms with Gasteiger partial charge in [-0.05, 0) is 0 Å². The van der Waals surface area contributed by atoms with Gasteiger partial charge in [0.25, 0.3) is 0 Å². The number of carboxylic acid groups (broad SMARTS) is 1. The van der Waals surface area contributed by atoms with Crippen molar-refractivity contribution >= 4 is 5.97 Å². The van der Waals surface area contributed by atoms with Crippen molar-refractivity contribution in [2.75, 3.05) is 6.54 Å². The standard InChI is InChI=1S/C5H9F3.C2H5NO2/c1-4(2,3)5(6,7)8;3-1-2(4)5/h1-3H3;1,3H2,(H,4,5). The number of hydrogen-bond donors (Lipinski definition) is 2. The normalized spacial score (nSPS) is 11.6. The Bertz CT molecular complexity index is 148. The molecule has 0 aromatic heterocycles. The van der Waals surface area contributed by atoms with Gasteiger partial charge in [-0.3, -0.25) is 4.79 Å². The van der Waals surface area contributed by atoms with E-state index in [1.807, 2.05) is 0 Å². The van der Waals surface area contributed by atoms with Crippen LogP contribution in [0.2, 0.25) is 0 Å². The average Bonchev–Trinajstić information content (AvgIpc) is 1.84. The van der Waals surface area contributed by atoms with E-state index in [9.17, 15) is 18.0 Å². The fourth-order valence-corrected chi connectivity index (χ4v) is 0. The van der Waals surface area contributed by atoms with E-state index in [2.05, 4.69) is 5.73 Å². The number of rotatable bonds is 1. The molecule has 6 heteroatoms. The minimum atomic E-state index is -4.06. The maximum Gasteiger partial charge on any atom is 0.393 e. The number of halogens is 3. The van der Waals surface area contributed by atoms with Crippen LogP contribution in [0.5, 0.6) is 0 Å². The van der Waals surface area contributed by atoms with Crippen LogP contribution in [0.4, 0.5) is 13.2 Å². The van der Waals surface area contributed by atoms with E-state index >= 15 is 0 Å². The van der Waals surface area contributed by atoms with Crippen molar-refractivity contribution in [2.24, 2.45) is 11.1 Å². The molecule has 3 nitrogen and oxygen atoms in total. The Balaban J connectivity index is 0. The molecule has 0 rings (SSSR count). The fraction of sp³-hybridized carbons (Fsp3) is 0.857. The van der Waals surface area contributed by atoms with Crippen molar-refractivity contribution in [3.05, 3.63) is 0 Å². The lowest BCUT2D eigenvalue weighted by Crippen LogP contribution is -2.28. The number of carboxylic acids is 1. The Morgan fingerprint density at radius 3 is 1.46 bits per heavy atom. The third kappa shape index (κ3) is 9.13. The summed E-state index contributed by atoms with van der Waals surface area (Å²) in [6.07, 6.45) is -4.06. The van der Waals surface area contributed by atoms with Gasteiger partial charge < -0.3 is 10.8 Å². The van der Waals surface area contributed by atoms with Gasteiger partial charge in [0.1, 0.15) is 0 Å². The molecule has 0 atom stereocenters. The summed E-state index contributed by atoms with van der Waals surface area (Å²) >= 11 is 0. The molecule has 80 valence electrons. The van der Waals surface area contributed by atoms with Gasteiger partial charge in [-0.2, -0.15) is 13.2 Å². The van der Waals surface area contributed by atoms with Crippen LogP contribution in [0.1, 0.15) is 20.8 Å². The molecule has 0 aliphatic carbocycles. The summed E-state index contributed by atoms with van der Waals surface area (Å²) < 4.78 is 34.7. The van der Waals surface area contributed by atoms with E-state index in [0.717, 1.165) is 20.8 Å². The Morgan fingerprint density at radius 2 is 1.46 bits per heavy atom. The van der Waals surface area contributed by atoms with Crippen LogP contribution < -0.4 is 5.73 Å². The smallest absolute Gasteiger partial charge is 0.393 e. The second-order valence-corrected chi connectivity index (χ2v) is 3.35. The van der Waals surface area contributed by atoms with Crippen LogP contribution in [0, 0.1) is 5.41 Å². The Hall–Kier alpha value is -0.780. The molecule has 0 spiro atoms. The first-order valence-corrected chi connectivity index (χ1v) is 3.51. The molecule has 0 aromatic rings. The molecule has 13 heavy (non-hydrogen) atoms. The molecule has 0 aliphatic rings. The van der Waals surface area contributed by atoms with Gasteiger partial charge >= 0.3 is 12.1 Å². The van der Waals surface area contributed by atoms with Crippen LogP contribution in [-0.2, 0) is 4.79 Å². The Kier molecular flexibility index (Phi) is 5.73. The predicted octanol–water partition coefficient (Wildman–Crippen LogP) is 1.62. The van der Waals surface area contributed by atoms with E-state index in [1.54, 1.807) is 0 Å². The molecule has 3 N–H and O–H groups in total. The zero-order valence-electron chi connectivity index (χ0n) is 7.77. The second kappa shape index (κ2) is 5.06. The Morgan fingerprint density at radius 1 is 1.31 bits per heavy atom. The Labute approximate surface area is 74.7 Å². The molecule has 0 amide bonds. The van der Waals surface area contributed by atoms with Gasteiger partial charge in [0.15, 0.2) is 0 Å². The first-order valence-electron chi connectivity index (χ1n) is 3.51. The largest absolute Gasteiger partial charge is 0.480 e. The molecular formula is C7H14F3NO2. The average molecular weight is 201 g/mol. The van der Waals surface area contributed by atoms with Crippen molar-refractivity contribution in [3.63, 3.8) is 0 Å². The molecule has 0 bridgehead atoms. The summed E-state index contributed by atoms with van der Waals surface area (Å²) in [4.78, 5) is 9.24. The molecule has 0 aromatic carbocycles. The SMILES string of the molecule is CC(C)(C)C(F)(F)F.NCC(=O)O. The summed E-state index contributed by atoms with van der Waals surface area (Å²) in [5.74, 6) is -0.968. The molecule has 0 fully saturated rings. The van der Waals surface area contributed by atoms with E-state index < -0.39 is 17.6 Å². The maximum absolute atomic E-state index is 11.6. The van der Waals surface area contributed by atoms with E-state index in [1.165, 1.54) is 0 Å². The van der Waals surface area contributed by atoms with Crippen molar-refractivity contribution in [3.8, 4) is 0 Å². The molecule has 0 saturated heterocycles. The maximum atomic E-state index is 11.6. The highest BCUT2D eigenvalue weighted by Crippen LogP contribution is 2.36. The number of aliphatic carboxylic acids is 1. The van der Waals surface area contributed by atoms with Gasteiger partial charge in [-0.1, -0.05) is 20.8 Å². The lowest BCUT2D eigenvalue weighted by Gasteiger charge is -2.21. The summed E-state index contributed by atoms with van der Waals surface area (Å²) in [6, 6.07) is 0. The fourth-order valence-electron chi connectivity index (χ4n) is 0. The number of alkyl halides is 3. The first-order chi connectivity index (χ1) is 5.52. The van der Waals surface area contributed by atoms with Gasteiger partial charge in [-0.15, -0.1) is 0 Å². The molecule has 0 radical (unpaired) electrons. The van der Waals surface area contributed by atoms with Crippen molar-refractivity contribution in [1.29, 1.82) is 0 Å². The second-order valence-electron chi connectivity index (χ2n) is 3.35. The van der Waals surface area contributed by atoms with Crippen molar-refractivity contribution < 1.29 is 23.1 Å². The van der Waals surface area contributed by atoms with Crippen LogP contribution in [0.3, 0.4) is 0 Å². The molecule has 0 unspecified atom stereocenters. The topological polar surface area (TPSA) is 63.3 Å². The van der Waals surface area contributed by atoms with Gasteiger partial charge in [0.2, 0.25) is 0 Å². The van der Waals surface area contributed by atoms with Gasteiger partial charge in [0, 0.05) is 0 Å². The third-order valence-electron chi connectivity index (χ3n) is 1.03.